The van der Waals surface area contributed by atoms with Crippen LogP contribution in [0.25, 0.3) is 11.4 Å². The van der Waals surface area contributed by atoms with Gasteiger partial charge in [0.25, 0.3) is 0 Å². The Morgan fingerprint density at radius 3 is 2.74 bits per heavy atom. The predicted molar refractivity (Wildman–Crippen MR) is 101 cm³/mol. The van der Waals surface area contributed by atoms with Crippen molar-refractivity contribution < 1.29 is 9.53 Å². The van der Waals surface area contributed by atoms with Crippen molar-refractivity contribution in [3.63, 3.8) is 0 Å². The molecule has 0 bridgehead atoms. The van der Waals surface area contributed by atoms with Crippen LogP contribution >= 0.6 is 0 Å². The van der Waals surface area contributed by atoms with Crippen molar-refractivity contribution in [2.75, 3.05) is 19.0 Å². The first-order valence-corrected chi connectivity index (χ1v) is 8.49. The largest absolute Gasteiger partial charge is 0.382 e. The van der Waals surface area contributed by atoms with Crippen molar-refractivity contribution in [1.29, 1.82) is 0 Å². The molecule has 2 heterocycles. The molecule has 2 amide bonds. The molecule has 0 aliphatic carbocycles. The number of hydrogen-bond donors (Lipinski definition) is 2. The molecule has 3 aromatic rings. The number of carbonyl (C=O) groups is 1. The van der Waals surface area contributed by atoms with Gasteiger partial charge in [0.2, 0.25) is 0 Å². The highest BCUT2D eigenvalue weighted by Gasteiger charge is 2.19. The fraction of sp³-hybridized carbons (Fsp3) is 0.333. The average Bonchev–Trinajstić information content (AvgIpc) is 3.25. The van der Waals surface area contributed by atoms with E-state index in [9.17, 15) is 4.79 Å². The number of urea groups is 1. The molecule has 0 spiro atoms. The molecule has 0 fully saturated rings. The average molecular weight is 369 g/mol. The highest BCUT2D eigenvalue weighted by Crippen LogP contribution is 2.26. The molecule has 1 atom stereocenters. The second kappa shape index (κ2) is 8.00. The van der Waals surface area contributed by atoms with Crippen LogP contribution in [-0.4, -0.2) is 44.3 Å². The zero-order chi connectivity index (χ0) is 19.4. The van der Waals surface area contributed by atoms with E-state index in [0.717, 1.165) is 22.6 Å². The van der Waals surface area contributed by atoms with Crippen LogP contribution in [-0.2, 0) is 18.8 Å². The molecule has 3 rings (SSSR count). The summed E-state index contributed by atoms with van der Waals surface area (Å²) >= 11 is 0. The van der Waals surface area contributed by atoms with Gasteiger partial charge in [0, 0.05) is 38.7 Å². The van der Waals surface area contributed by atoms with Crippen molar-refractivity contribution in [3.05, 3.63) is 48.0 Å². The van der Waals surface area contributed by atoms with Gasteiger partial charge in [0.05, 0.1) is 18.3 Å². The summed E-state index contributed by atoms with van der Waals surface area (Å²) in [6.45, 7) is 2.28. The molecule has 0 aliphatic heterocycles. The number of nitrogens with zero attached hydrogens (tertiary/aromatic N) is 5. The van der Waals surface area contributed by atoms with Gasteiger partial charge < -0.3 is 19.9 Å². The quantitative estimate of drug-likeness (QED) is 0.693. The summed E-state index contributed by atoms with van der Waals surface area (Å²) in [7, 11) is 5.30. The lowest BCUT2D eigenvalue weighted by molar-refractivity contribution is 0.165. The van der Waals surface area contributed by atoms with Crippen LogP contribution in [0, 0.1) is 6.92 Å². The first kappa shape index (κ1) is 18.6. The summed E-state index contributed by atoms with van der Waals surface area (Å²) in [5.74, 6) is 0.740. The van der Waals surface area contributed by atoms with Gasteiger partial charge in [-0.3, -0.25) is 4.68 Å². The first-order chi connectivity index (χ1) is 13.0. The number of aromatic nitrogens is 5. The summed E-state index contributed by atoms with van der Waals surface area (Å²) in [6.07, 6.45) is 3.33. The highest BCUT2D eigenvalue weighted by atomic mass is 16.5. The third-order valence-corrected chi connectivity index (χ3v) is 4.39. The van der Waals surface area contributed by atoms with Crippen molar-refractivity contribution in [1.82, 2.24) is 29.9 Å². The zero-order valence-corrected chi connectivity index (χ0v) is 15.8. The summed E-state index contributed by atoms with van der Waals surface area (Å²) in [5, 5.41) is 18.0. The van der Waals surface area contributed by atoms with Crippen LogP contribution in [0.15, 0.2) is 36.8 Å². The summed E-state index contributed by atoms with van der Waals surface area (Å²) in [4.78, 5) is 12.6. The Labute approximate surface area is 157 Å². The van der Waals surface area contributed by atoms with E-state index in [4.69, 9.17) is 4.74 Å². The highest BCUT2D eigenvalue weighted by molar-refractivity contribution is 5.91. The molecule has 2 N–H and O–H groups in total. The van der Waals surface area contributed by atoms with Gasteiger partial charge in [-0.15, -0.1) is 10.2 Å². The summed E-state index contributed by atoms with van der Waals surface area (Å²) in [5.41, 5.74) is 3.38. The molecule has 0 aliphatic rings. The maximum Gasteiger partial charge on any atom is 0.319 e. The zero-order valence-electron chi connectivity index (χ0n) is 15.8. The van der Waals surface area contributed by atoms with Gasteiger partial charge in [-0.1, -0.05) is 12.1 Å². The third kappa shape index (κ3) is 3.98. The van der Waals surface area contributed by atoms with Crippen molar-refractivity contribution in [2.45, 2.75) is 13.0 Å². The number of amides is 2. The maximum atomic E-state index is 12.6. The number of nitrogens with one attached hydrogen (secondary N) is 2. The minimum Gasteiger partial charge on any atom is -0.382 e. The lowest BCUT2D eigenvalue weighted by Gasteiger charge is -2.19. The van der Waals surface area contributed by atoms with E-state index in [1.165, 1.54) is 0 Å². The molecule has 0 radical (unpaired) electrons. The Bertz CT molecular complexity index is 931. The molecule has 9 nitrogen and oxygen atoms in total. The SMILES string of the molecule is COCC(NC(=O)Nc1cccc(-c2nncn2C)c1C)c1ccnn1C. The second-order valence-corrected chi connectivity index (χ2v) is 6.23. The lowest BCUT2D eigenvalue weighted by atomic mass is 10.1. The van der Waals surface area contributed by atoms with Crippen molar-refractivity contribution in [3.8, 4) is 11.4 Å². The molecule has 27 heavy (non-hydrogen) atoms. The molecule has 9 heteroatoms. The van der Waals surface area contributed by atoms with Gasteiger partial charge in [-0.2, -0.15) is 5.10 Å². The van der Waals surface area contributed by atoms with E-state index in [0.29, 0.717) is 12.3 Å². The smallest absolute Gasteiger partial charge is 0.319 e. The fourth-order valence-electron chi connectivity index (χ4n) is 2.95. The van der Waals surface area contributed by atoms with Crippen LogP contribution in [0.3, 0.4) is 0 Å². The minimum absolute atomic E-state index is 0.315. The standard InChI is InChI=1S/C18H23N7O2/c1-12-13(17-23-19-11-24(17)2)6-5-7-14(12)21-18(26)22-15(10-27-4)16-8-9-20-25(16)3/h5-9,11,15H,10H2,1-4H3,(H2,21,22,26). The fourth-order valence-corrected chi connectivity index (χ4v) is 2.95. The van der Waals surface area contributed by atoms with E-state index in [1.54, 1.807) is 24.3 Å². The third-order valence-electron chi connectivity index (χ3n) is 4.39. The van der Waals surface area contributed by atoms with Crippen LogP contribution in [0.5, 0.6) is 0 Å². The van der Waals surface area contributed by atoms with Gasteiger partial charge in [0.1, 0.15) is 6.33 Å². The molecule has 142 valence electrons. The summed E-state index contributed by atoms with van der Waals surface area (Å²) in [6, 6.07) is 6.89. The molecular weight excluding hydrogens is 346 g/mol. The topological polar surface area (TPSA) is 98.9 Å². The van der Waals surface area contributed by atoms with E-state index < -0.39 is 0 Å². The monoisotopic (exact) mass is 369 g/mol. The number of methoxy groups -OCH3 is 1. The second-order valence-electron chi connectivity index (χ2n) is 6.23. The van der Waals surface area contributed by atoms with Crippen molar-refractivity contribution >= 4 is 11.7 Å². The molecule has 1 unspecified atom stereocenters. The minimum atomic E-state index is -0.323. The number of benzene rings is 1. The maximum absolute atomic E-state index is 12.6. The van der Waals surface area contributed by atoms with Crippen molar-refractivity contribution in [2.24, 2.45) is 14.1 Å². The van der Waals surface area contributed by atoms with E-state index >= 15 is 0 Å². The first-order valence-electron chi connectivity index (χ1n) is 8.49. The van der Waals surface area contributed by atoms with E-state index in [-0.39, 0.29) is 12.1 Å². The van der Waals surface area contributed by atoms with Gasteiger partial charge in [-0.05, 0) is 24.6 Å². The van der Waals surface area contributed by atoms with Gasteiger partial charge in [-0.25, -0.2) is 4.79 Å². The van der Waals surface area contributed by atoms with E-state index in [1.807, 2.05) is 49.9 Å². The number of ether oxygens (including phenoxy) is 1. The number of aryl methyl sites for hydroxylation is 2. The number of hydrogen-bond acceptors (Lipinski definition) is 5. The van der Waals surface area contributed by atoms with Crippen LogP contribution < -0.4 is 10.6 Å². The van der Waals surface area contributed by atoms with Gasteiger partial charge in [0.15, 0.2) is 5.82 Å². The van der Waals surface area contributed by atoms with Crippen LogP contribution in [0.4, 0.5) is 10.5 Å². The Hall–Kier alpha value is -3.20. The Morgan fingerprint density at radius 2 is 2.11 bits per heavy atom. The molecule has 0 saturated heterocycles. The number of carbonyl (C=O) groups excluding carboxylic acids is 1. The number of anilines is 1. The lowest BCUT2D eigenvalue weighted by Crippen LogP contribution is -2.36. The molecular formula is C18H23N7O2. The summed E-state index contributed by atoms with van der Waals surface area (Å²) < 4.78 is 8.79. The molecule has 2 aromatic heterocycles. The van der Waals surface area contributed by atoms with Crippen LogP contribution in [0.1, 0.15) is 17.3 Å². The number of rotatable bonds is 6. The Morgan fingerprint density at radius 1 is 1.30 bits per heavy atom. The Kier molecular flexibility index (Phi) is 5.51. The van der Waals surface area contributed by atoms with Crippen LogP contribution in [0.2, 0.25) is 0 Å². The van der Waals surface area contributed by atoms with Gasteiger partial charge >= 0.3 is 6.03 Å². The molecule has 0 saturated carbocycles. The normalized spacial score (nSPS) is 12.0. The molecule has 1 aromatic carbocycles. The predicted octanol–water partition coefficient (Wildman–Crippen LogP) is 2.03. The Balaban J connectivity index is 1.78. The van der Waals surface area contributed by atoms with E-state index in [2.05, 4.69) is 25.9 Å².